The third kappa shape index (κ3) is 0.811. The highest BCUT2D eigenvalue weighted by atomic mass is 19.1. The van der Waals surface area contributed by atoms with Gasteiger partial charge in [0.15, 0.2) is 0 Å². The fourth-order valence-corrected chi connectivity index (χ4v) is 3.51. The molecule has 0 aromatic heterocycles. The van der Waals surface area contributed by atoms with Gasteiger partial charge in [0.1, 0.15) is 5.67 Å². The third-order valence-corrected chi connectivity index (χ3v) is 3.82. The van der Waals surface area contributed by atoms with Crippen molar-refractivity contribution < 1.29 is 9.60 Å². The van der Waals surface area contributed by atoms with Crippen molar-refractivity contribution in [3.8, 4) is 0 Å². The number of halogens is 1. The molecule has 2 heterocycles. The zero-order chi connectivity index (χ0) is 8.34. The van der Waals surface area contributed by atoms with Crippen LogP contribution in [0, 0.1) is 5.92 Å². The zero-order valence-electron chi connectivity index (χ0n) is 7.04. The Balaban J connectivity index is 1.95. The van der Waals surface area contributed by atoms with Gasteiger partial charge in [-0.15, -0.1) is 0 Å². The van der Waals surface area contributed by atoms with E-state index in [0.29, 0.717) is 18.8 Å². The second kappa shape index (κ2) is 2.02. The summed E-state index contributed by atoms with van der Waals surface area (Å²) >= 11 is 0. The molecule has 0 radical (unpaired) electrons. The van der Waals surface area contributed by atoms with Crippen LogP contribution in [0.5, 0.6) is 0 Å². The highest BCUT2D eigenvalue weighted by molar-refractivity contribution is 5.06. The van der Waals surface area contributed by atoms with Crippen LogP contribution >= 0.6 is 0 Å². The van der Waals surface area contributed by atoms with Crippen molar-refractivity contribution in [1.82, 2.24) is 5.06 Å². The van der Waals surface area contributed by atoms with E-state index in [4.69, 9.17) is 0 Å². The molecule has 4 aliphatic rings. The van der Waals surface area contributed by atoms with Crippen molar-refractivity contribution in [3.05, 3.63) is 0 Å². The maximum absolute atomic E-state index is 13.9. The zero-order valence-corrected chi connectivity index (χ0v) is 7.04. The van der Waals surface area contributed by atoms with Crippen molar-refractivity contribution in [2.24, 2.45) is 5.92 Å². The van der Waals surface area contributed by atoms with E-state index in [0.717, 1.165) is 19.3 Å². The summed E-state index contributed by atoms with van der Waals surface area (Å²) in [5, 5.41) is 11.0. The normalized spacial score (nSPS) is 58.0. The first-order valence-electron chi connectivity index (χ1n) is 4.82. The van der Waals surface area contributed by atoms with Gasteiger partial charge in [-0.1, -0.05) is 0 Å². The molecule has 3 heteroatoms. The van der Waals surface area contributed by atoms with Crippen molar-refractivity contribution in [2.75, 3.05) is 0 Å². The van der Waals surface area contributed by atoms with Gasteiger partial charge in [-0.2, -0.15) is 5.06 Å². The molecule has 2 saturated heterocycles. The van der Waals surface area contributed by atoms with Crippen molar-refractivity contribution in [1.29, 1.82) is 0 Å². The lowest BCUT2D eigenvalue weighted by atomic mass is 9.63. The molecule has 4 rings (SSSR count). The highest BCUT2D eigenvalue weighted by Crippen LogP contribution is 2.52. The number of hydrogen-bond donors (Lipinski definition) is 1. The molecular weight excluding hydrogens is 157 g/mol. The fraction of sp³-hybridized carbons (Fsp3) is 1.00. The Kier molecular flexibility index (Phi) is 1.22. The summed E-state index contributed by atoms with van der Waals surface area (Å²) in [6.45, 7) is 0. The molecule has 0 spiro atoms. The highest BCUT2D eigenvalue weighted by Gasteiger charge is 2.54. The lowest BCUT2D eigenvalue weighted by Gasteiger charge is -2.56. The monoisotopic (exact) mass is 171 g/mol. The topological polar surface area (TPSA) is 23.5 Å². The molecule has 2 nitrogen and oxygen atoms in total. The van der Waals surface area contributed by atoms with E-state index >= 15 is 0 Å². The van der Waals surface area contributed by atoms with Gasteiger partial charge in [0.25, 0.3) is 0 Å². The largest absolute Gasteiger partial charge is 0.313 e. The third-order valence-electron chi connectivity index (χ3n) is 3.82. The van der Waals surface area contributed by atoms with Gasteiger partial charge in [0.2, 0.25) is 0 Å². The van der Waals surface area contributed by atoms with Crippen LogP contribution < -0.4 is 0 Å². The molecule has 2 aliphatic heterocycles. The number of hydroxylamine groups is 2. The maximum atomic E-state index is 13.9. The standard InChI is InChI=1S/C9H14FNO/c10-9-3-6-1-7(4-9)11(12)8(2-6)5-9/h6-8,12H,1-5H2/t6?,7-,8?,9?/m1/s1. The quantitative estimate of drug-likeness (QED) is 0.600. The van der Waals surface area contributed by atoms with Crippen molar-refractivity contribution in [3.63, 3.8) is 0 Å². The summed E-state index contributed by atoms with van der Waals surface area (Å²) in [5.41, 5.74) is -0.921. The van der Waals surface area contributed by atoms with Crippen LogP contribution in [0.1, 0.15) is 32.1 Å². The lowest BCUT2D eigenvalue weighted by Crippen LogP contribution is -2.61. The Labute approximate surface area is 71.3 Å². The van der Waals surface area contributed by atoms with E-state index in [9.17, 15) is 9.60 Å². The van der Waals surface area contributed by atoms with E-state index in [2.05, 4.69) is 0 Å². The van der Waals surface area contributed by atoms with Crippen molar-refractivity contribution in [2.45, 2.75) is 49.9 Å². The van der Waals surface area contributed by atoms with Crippen LogP contribution in [0.4, 0.5) is 4.39 Å². The first-order chi connectivity index (χ1) is 5.66. The first-order valence-corrected chi connectivity index (χ1v) is 4.82. The van der Waals surface area contributed by atoms with Gasteiger partial charge in [-0.3, -0.25) is 0 Å². The summed E-state index contributed by atoms with van der Waals surface area (Å²) in [6.07, 6.45) is 3.91. The summed E-state index contributed by atoms with van der Waals surface area (Å²) < 4.78 is 13.9. The molecule has 2 saturated carbocycles. The van der Waals surface area contributed by atoms with Crippen LogP contribution in [0.2, 0.25) is 0 Å². The second-order valence-electron chi connectivity index (χ2n) is 4.79. The Bertz CT molecular complexity index is 205. The molecule has 3 unspecified atom stereocenters. The molecule has 4 bridgehead atoms. The average Bonchev–Trinajstić information content (AvgIpc) is 1.96. The van der Waals surface area contributed by atoms with E-state index < -0.39 is 5.67 Å². The van der Waals surface area contributed by atoms with Crippen LogP contribution in [-0.4, -0.2) is 28.0 Å². The molecule has 2 aliphatic carbocycles. The van der Waals surface area contributed by atoms with E-state index in [1.54, 1.807) is 0 Å². The van der Waals surface area contributed by atoms with Gasteiger partial charge in [-0.25, -0.2) is 4.39 Å². The molecule has 4 fully saturated rings. The predicted molar refractivity (Wildman–Crippen MR) is 41.6 cm³/mol. The minimum absolute atomic E-state index is 0.126. The van der Waals surface area contributed by atoms with E-state index in [1.165, 1.54) is 5.06 Å². The molecule has 0 aromatic carbocycles. The molecule has 0 amide bonds. The number of hydrogen-bond acceptors (Lipinski definition) is 2. The van der Waals surface area contributed by atoms with Crippen molar-refractivity contribution >= 4 is 0 Å². The number of alkyl halides is 1. The van der Waals surface area contributed by atoms with Gasteiger partial charge in [0, 0.05) is 12.1 Å². The van der Waals surface area contributed by atoms with Crippen LogP contribution in [0.3, 0.4) is 0 Å². The molecular formula is C9H14FNO. The Hall–Kier alpha value is -0.150. The van der Waals surface area contributed by atoms with Gasteiger partial charge < -0.3 is 5.21 Å². The van der Waals surface area contributed by atoms with Crippen LogP contribution in [0.15, 0.2) is 0 Å². The first kappa shape index (κ1) is 7.27. The summed E-state index contributed by atoms with van der Waals surface area (Å²) in [7, 11) is 0. The Morgan fingerprint density at radius 2 is 1.75 bits per heavy atom. The molecule has 0 aromatic rings. The minimum Gasteiger partial charge on any atom is -0.313 e. The Morgan fingerprint density at radius 1 is 1.17 bits per heavy atom. The predicted octanol–water partition coefficient (Wildman–Crippen LogP) is 1.73. The average molecular weight is 171 g/mol. The summed E-state index contributed by atoms with van der Waals surface area (Å²) in [5.74, 6) is 0.552. The van der Waals surface area contributed by atoms with E-state index in [1.807, 2.05) is 0 Å². The summed E-state index contributed by atoms with van der Waals surface area (Å²) in [4.78, 5) is 0. The SMILES string of the molecule is ON1C2CC3C[C@@H]1CC(F)(C3)C2. The summed E-state index contributed by atoms with van der Waals surface area (Å²) in [6, 6.07) is 0.252. The number of rotatable bonds is 0. The van der Waals surface area contributed by atoms with Crippen LogP contribution in [-0.2, 0) is 0 Å². The second-order valence-corrected chi connectivity index (χ2v) is 4.79. The smallest absolute Gasteiger partial charge is 0.114 e. The molecule has 1 N–H and O–H groups in total. The van der Waals surface area contributed by atoms with Gasteiger partial charge in [0.05, 0.1) is 0 Å². The van der Waals surface area contributed by atoms with Crippen LogP contribution in [0.25, 0.3) is 0 Å². The molecule has 12 heavy (non-hydrogen) atoms. The molecule has 4 atom stereocenters. The lowest BCUT2D eigenvalue weighted by molar-refractivity contribution is -0.251. The van der Waals surface area contributed by atoms with Gasteiger partial charge >= 0.3 is 0 Å². The minimum atomic E-state index is -0.921. The van der Waals surface area contributed by atoms with E-state index in [-0.39, 0.29) is 12.1 Å². The number of piperidine rings is 2. The Morgan fingerprint density at radius 3 is 2.25 bits per heavy atom. The fourth-order valence-electron chi connectivity index (χ4n) is 3.51. The molecule has 68 valence electrons. The van der Waals surface area contributed by atoms with Gasteiger partial charge in [-0.05, 0) is 38.0 Å². The maximum Gasteiger partial charge on any atom is 0.114 e. The number of nitrogens with zero attached hydrogens (tertiary/aromatic N) is 1.